The van der Waals surface area contributed by atoms with Crippen LogP contribution in [0.2, 0.25) is 0 Å². The molecule has 0 aliphatic heterocycles. The van der Waals surface area contributed by atoms with Crippen LogP contribution in [-0.4, -0.2) is 94.7 Å². The first kappa shape index (κ1) is 46.0. The van der Waals surface area contributed by atoms with Gasteiger partial charge in [-0.1, -0.05) is 12.1 Å². The van der Waals surface area contributed by atoms with Gasteiger partial charge in [-0.05, 0) is 149 Å². The van der Waals surface area contributed by atoms with Crippen LogP contribution in [0.3, 0.4) is 0 Å². The standard InChI is InChI=1S/C28H32N6O3.C21H24BrN5O2/c1-17-13-18(5-12-22(17)27(35)32-20-6-7-20)24-15-29-26-23(30-16-28(2,3)36)14-25(33-34(24)26)31-19-8-10-21(37-4)11-9-19;1-12-8-13(4-7-15(12)20(28)25-14-5-6-14)17-10-23-19-16(24-11-21(2,3)29)9-18(22)26-27(17)19/h5,8-15,20,30,36H,6-7,16H2,1-4H3,(H,31,33)(H,32,35);4,7-10,14,24,29H,5-6,11H2,1-3H3,(H,25,28). The highest BCUT2D eigenvalue weighted by Gasteiger charge is 2.26. The van der Waals surface area contributed by atoms with E-state index >= 15 is 0 Å². The second-order valence-electron chi connectivity index (χ2n) is 18.3. The van der Waals surface area contributed by atoms with Crippen molar-refractivity contribution in [3.8, 4) is 28.3 Å². The molecule has 2 saturated carbocycles. The lowest BCUT2D eigenvalue weighted by molar-refractivity contribution is 0.0939. The van der Waals surface area contributed by atoms with Gasteiger partial charge in [0.25, 0.3) is 11.8 Å². The lowest BCUT2D eigenvalue weighted by Crippen LogP contribution is -2.29. The van der Waals surface area contributed by atoms with Crippen LogP contribution in [0.15, 0.2) is 89.8 Å². The maximum absolute atomic E-state index is 12.6. The van der Waals surface area contributed by atoms with Crippen LogP contribution in [0.4, 0.5) is 22.9 Å². The highest BCUT2D eigenvalue weighted by atomic mass is 79.9. The Hall–Kier alpha value is -6.56. The van der Waals surface area contributed by atoms with E-state index in [1.54, 1.807) is 56.2 Å². The van der Waals surface area contributed by atoms with Gasteiger partial charge in [-0.3, -0.25) is 9.59 Å². The Morgan fingerprint density at radius 2 is 1.17 bits per heavy atom. The minimum absolute atomic E-state index is 0.0198. The molecule has 7 aromatic rings. The molecule has 9 rings (SSSR count). The molecule has 4 aromatic heterocycles. The number of ether oxygens (including phenoxy) is 1. The van der Waals surface area contributed by atoms with E-state index in [-0.39, 0.29) is 11.8 Å². The highest BCUT2D eigenvalue weighted by Crippen LogP contribution is 2.31. The lowest BCUT2D eigenvalue weighted by Gasteiger charge is -2.19. The summed E-state index contributed by atoms with van der Waals surface area (Å²) in [7, 11) is 1.63. The van der Waals surface area contributed by atoms with Crippen LogP contribution in [0, 0.1) is 13.8 Å². The van der Waals surface area contributed by atoms with Gasteiger partial charge in [0.1, 0.15) is 10.4 Å². The molecule has 0 radical (unpaired) electrons. The number of carbonyl (C=O) groups is 2. The molecular weight excluding hydrogens is 903 g/mol. The number of nitrogens with one attached hydrogen (secondary N) is 5. The minimum atomic E-state index is -0.909. The van der Waals surface area contributed by atoms with Gasteiger partial charge in [0, 0.05) is 59.2 Å². The molecule has 0 bridgehead atoms. The first-order valence-corrected chi connectivity index (χ1v) is 22.8. The molecule has 0 saturated heterocycles. The highest BCUT2D eigenvalue weighted by molar-refractivity contribution is 9.10. The first-order valence-electron chi connectivity index (χ1n) is 22.0. The fraction of sp³-hybridized carbons (Fsp3) is 0.347. The molecule has 3 aromatic carbocycles. The number of aromatic nitrogens is 6. The van der Waals surface area contributed by atoms with Crippen LogP contribution in [0.1, 0.15) is 85.2 Å². The van der Waals surface area contributed by atoms with E-state index in [0.717, 1.165) is 82.1 Å². The van der Waals surface area contributed by atoms with Crippen molar-refractivity contribution < 1.29 is 24.5 Å². The molecule has 16 nitrogen and oxygen atoms in total. The van der Waals surface area contributed by atoms with Gasteiger partial charge in [-0.25, -0.2) is 19.0 Å². The van der Waals surface area contributed by atoms with Gasteiger partial charge in [0.15, 0.2) is 17.1 Å². The number of anilines is 4. The average molecular weight is 959 g/mol. The Balaban J connectivity index is 0.000000185. The summed E-state index contributed by atoms with van der Waals surface area (Å²) in [4.78, 5) is 34.2. The first-order chi connectivity index (χ1) is 31.4. The van der Waals surface area contributed by atoms with E-state index in [1.807, 2.05) is 86.6 Å². The van der Waals surface area contributed by atoms with Crippen molar-refractivity contribution in [2.24, 2.45) is 0 Å². The fourth-order valence-electron chi connectivity index (χ4n) is 7.20. The summed E-state index contributed by atoms with van der Waals surface area (Å²) >= 11 is 3.45. The second-order valence-corrected chi connectivity index (χ2v) is 19.1. The van der Waals surface area contributed by atoms with Gasteiger partial charge in [-0.2, -0.15) is 5.10 Å². The van der Waals surface area contributed by atoms with Gasteiger partial charge in [0.2, 0.25) is 0 Å². The number of methoxy groups -OCH3 is 1. The summed E-state index contributed by atoms with van der Waals surface area (Å²) in [5.41, 5.74) is 8.50. The number of hydrogen-bond donors (Lipinski definition) is 7. The van der Waals surface area contributed by atoms with Crippen molar-refractivity contribution in [3.63, 3.8) is 0 Å². The topological polar surface area (TPSA) is 204 Å². The lowest BCUT2D eigenvalue weighted by atomic mass is 10.0. The molecule has 4 heterocycles. The number of carbonyl (C=O) groups excluding carboxylic acids is 2. The SMILES string of the molecule is COc1ccc(Nc2cc(NCC(C)(C)O)c3ncc(-c4ccc(C(=O)NC5CC5)c(C)c4)n3n2)cc1.Cc1cc(-c2cnc3c(NCC(C)(C)O)cc(Br)nn23)ccc1C(=O)NC1CC1. The number of aliphatic hydroxyl groups is 2. The number of halogens is 1. The number of hydrogen-bond acceptors (Lipinski definition) is 12. The van der Waals surface area contributed by atoms with Crippen molar-refractivity contribution in [1.29, 1.82) is 0 Å². The number of imidazole rings is 2. The Bertz CT molecular complexity index is 2910. The van der Waals surface area contributed by atoms with Crippen molar-refractivity contribution in [2.75, 3.05) is 36.1 Å². The van der Waals surface area contributed by atoms with Crippen molar-refractivity contribution >= 4 is 61.9 Å². The number of fused-ring (bicyclic) bond motifs is 2. The molecule has 2 aliphatic rings. The molecular formula is C49H56BrN11O5. The second kappa shape index (κ2) is 18.7. The van der Waals surface area contributed by atoms with Crippen LogP contribution >= 0.6 is 15.9 Å². The predicted octanol–water partition coefficient (Wildman–Crippen LogP) is 8.07. The summed E-state index contributed by atoms with van der Waals surface area (Å²) in [5.74, 6) is 1.32. The number of rotatable bonds is 15. The molecule has 2 aliphatic carbocycles. The zero-order chi connectivity index (χ0) is 46.9. The molecule has 2 amide bonds. The molecule has 0 atom stereocenters. The van der Waals surface area contributed by atoms with Crippen LogP contribution < -0.4 is 31.3 Å². The average Bonchev–Trinajstić information content (AvgIpc) is 4.18. The summed E-state index contributed by atoms with van der Waals surface area (Å²) in [6, 6.07) is 23.5. The van der Waals surface area contributed by atoms with E-state index in [2.05, 4.69) is 57.6 Å². The molecule has 0 unspecified atom stereocenters. The predicted molar refractivity (Wildman–Crippen MR) is 261 cm³/mol. The normalized spacial score (nSPS) is 13.8. The Labute approximate surface area is 391 Å². The van der Waals surface area contributed by atoms with Gasteiger partial charge in [0.05, 0.1) is 53.5 Å². The van der Waals surface area contributed by atoms with Crippen molar-refractivity contribution in [2.45, 2.75) is 90.5 Å². The molecule has 17 heteroatoms. The number of benzene rings is 3. The fourth-order valence-corrected chi connectivity index (χ4v) is 7.59. The third-order valence-electron chi connectivity index (χ3n) is 11.0. The Morgan fingerprint density at radius 3 is 1.61 bits per heavy atom. The van der Waals surface area contributed by atoms with Crippen LogP contribution in [0.5, 0.6) is 5.75 Å². The van der Waals surface area contributed by atoms with Crippen LogP contribution in [-0.2, 0) is 0 Å². The summed E-state index contributed by atoms with van der Waals surface area (Å²) in [6.45, 7) is 11.6. The minimum Gasteiger partial charge on any atom is -0.497 e. The quantitative estimate of drug-likeness (QED) is 0.0522. The zero-order valence-electron chi connectivity index (χ0n) is 38.2. The van der Waals surface area contributed by atoms with Crippen molar-refractivity contribution in [3.05, 3.63) is 112 Å². The number of aryl methyl sites for hydroxylation is 2. The maximum atomic E-state index is 12.6. The summed E-state index contributed by atoms with van der Waals surface area (Å²) < 4.78 is 9.44. The van der Waals surface area contributed by atoms with E-state index < -0.39 is 11.2 Å². The smallest absolute Gasteiger partial charge is 0.251 e. The third-order valence-corrected chi connectivity index (χ3v) is 11.4. The monoisotopic (exact) mass is 957 g/mol. The molecule has 0 spiro atoms. The van der Waals surface area contributed by atoms with Gasteiger partial charge in [-0.15, -0.1) is 5.10 Å². The van der Waals surface area contributed by atoms with E-state index in [0.29, 0.717) is 58.0 Å². The number of amides is 2. The molecule has 344 valence electrons. The number of nitrogens with zero attached hydrogens (tertiary/aromatic N) is 6. The van der Waals surface area contributed by atoms with Gasteiger partial charge >= 0.3 is 0 Å². The maximum Gasteiger partial charge on any atom is 0.251 e. The molecule has 66 heavy (non-hydrogen) atoms. The van der Waals surface area contributed by atoms with Crippen LogP contribution in [0.25, 0.3) is 33.8 Å². The van der Waals surface area contributed by atoms with Crippen molar-refractivity contribution in [1.82, 2.24) is 39.8 Å². The Kier molecular flexibility index (Phi) is 13.1. The molecule has 2 fully saturated rings. The molecule has 7 N–H and O–H groups in total. The largest absolute Gasteiger partial charge is 0.497 e. The summed E-state index contributed by atoms with van der Waals surface area (Å²) in [6.07, 6.45) is 7.76. The zero-order valence-corrected chi connectivity index (χ0v) is 39.7. The van der Waals surface area contributed by atoms with E-state index in [9.17, 15) is 19.8 Å². The Morgan fingerprint density at radius 1 is 0.697 bits per heavy atom. The van der Waals surface area contributed by atoms with E-state index in [4.69, 9.17) is 9.84 Å². The summed E-state index contributed by atoms with van der Waals surface area (Å²) in [5, 5.41) is 45.6. The van der Waals surface area contributed by atoms with Gasteiger partial charge < -0.3 is 41.5 Å². The third kappa shape index (κ3) is 11.3. The van der Waals surface area contributed by atoms with E-state index in [1.165, 1.54) is 0 Å².